The summed E-state index contributed by atoms with van der Waals surface area (Å²) >= 11 is 0. The van der Waals surface area contributed by atoms with Crippen LogP contribution >= 0.6 is 0 Å². The van der Waals surface area contributed by atoms with E-state index < -0.39 is 22.2 Å². The summed E-state index contributed by atoms with van der Waals surface area (Å²) in [6.45, 7) is 1.66. The van der Waals surface area contributed by atoms with Crippen molar-refractivity contribution in [2.75, 3.05) is 10.0 Å². The van der Waals surface area contributed by atoms with Gasteiger partial charge in [-0.15, -0.1) is 0 Å². The highest BCUT2D eigenvalue weighted by molar-refractivity contribution is 7.92. The first-order valence-electron chi connectivity index (χ1n) is 9.07. The zero-order valence-corrected chi connectivity index (χ0v) is 17.8. The van der Waals surface area contributed by atoms with E-state index in [2.05, 4.69) is 15.2 Å². The third-order valence-electron chi connectivity index (χ3n) is 3.77. The summed E-state index contributed by atoms with van der Waals surface area (Å²) in [5.41, 5.74) is 1.42. The number of carboxylic acid groups (broad SMARTS) is 1. The molecule has 0 aliphatic heterocycles. The highest BCUT2D eigenvalue weighted by Gasteiger charge is 2.38. The maximum Gasteiger partial charge on any atom is 0.490 e. The third kappa shape index (κ3) is 8.29. The molecule has 0 saturated heterocycles. The minimum Gasteiger partial charge on any atom is -0.475 e. The number of halogens is 3. The van der Waals surface area contributed by atoms with E-state index in [0.29, 0.717) is 11.4 Å². The Hall–Kier alpha value is -3.87. The van der Waals surface area contributed by atoms with E-state index in [1.165, 1.54) is 30.3 Å². The summed E-state index contributed by atoms with van der Waals surface area (Å²) < 4.78 is 63.5. The quantitative estimate of drug-likeness (QED) is 0.485. The van der Waals surface area contributed by atoms with Gasteiger partial charge in [-0.3, -0.25) is 9.52 Å². The number of rotatable bonds is 6. The number of aliphatic carboxylic acids is 1. The number of carbonyl (C=O) groups excluding carboxylic acids is 1. The highest BCUT2D eigenvalue weighted by Crippen LogP contribution is 2.18. The van der Waals surface area contributed by atoms with Gasteiger partial charge in [0.15, 0.2) is 5.82 Å². The number of anilines is 2. The van der Waals surface area contributed by atoms with Crippen LogP contribution in [0.1, 0.15) is 11.3 Å². The van der Waals surface area contributed by atoms with Crippen molar-refractivity contribution < 1.29 is 40.8 Å². The molecule has 33 heavy (non-hydrogen) atoms. The number of alkyl halides is 3. The molecule has 3 N–H and O–H groups in total. The number of amides is 1. The molecule has 0 saturated carbocycles. The van der Waals surface area contributed by atoms with Crippen molar-refractivity contribution in [2.24, 2.45) is 0 Å². The van der Waals surface area contributed by atoms with Crippen LogP contribution in [0.4, 0.5) is 24.7 Å². The third-order valence-corrected chi connectivity index (χ3v) is 5.14. The maximum absolute atomic E-state index is 12.3. The monoisotopic (exact) mass is 485 g/mol. The molecular formula is C20H18F3N3O6S. The van der Waals surface area contributed by atoms with Gasteiger partial charge in [0.05, 0.1) is 11.3 Å². The topological polar surface area (TPSA) is 139 Å². The van der Waals surface area contributed by atoms with E-state index in [1.807, 2.05) is 30.3 Å². The summed E-state index contributed by atoms with van der Waals surface area (Å²) in [5, 5.41) is 13.5. The predicted octanol–water partition coefficient (Wildman–Crippen LogP) is 3.60. The van der Waals surface area contributed by atoms with Gasteiger partial charge in [-0.25, -0.2) is 13.2 Å². The Morgan fingerprint density at radius 3 is 2.12 bits per heavy atom. The van der Waals surface area contributed by atoms with Crippen molar-refractivity contribution in [1.29, 1.82) is 0 Å². The lowest BCUT2D eigenvalue weighted by Crippen LogP contribution is -2.21. The molecular weight excluding hydrogens is 467 g/mol. The van der Waals surface area contributed by atoms with E-state index in [0.717, 1.165) is 5.56 Å². The lowest BCUT2D eigenvalue weighted by Gasteiger charge is -2.08. The van der Waals surface area contributed by atoms with Crippen LogP contribution in [0.25, 0.3) is 0 Å². The van der Waals surface area contributed by atoms with Gasteiger partial charge in [-0.2, -0.15) is 13.2 Å². The Morgan fingerprint density at radius 2 is 1.64 bits per heavy atom. The van der Waals surface area contributed by atoms with E-state index in [1.54, 1.807) is 6.92 Å². The van der Waals surface area contributed by atoms with E-state index >= 15 is 0 Å². The standard InChI is InChI=1S/C18H17N3O4S.C2HF3O2/c1-13-11-17(20-25-13)21-26(23,24)16-9-7-15(8-10-16)19-18(22)12-14-5-3-2-4-6-14;3-2(4,5)1(6)7/h2-11H,12H2,1H3,(H,19,22)(H,20,21);(H,6,7). The summed E-state index contributed by atoms with van der Waals surface area (Å²) in [5.74, 6) is -2.32. The normalized spacial score (nSPS) is 11.2. The van der Waals surface area contributed by atoms with Crippen molar-refractivity contribution in [1.82, 2.24) is 5.16 Å². The number of hydrogen-bond acceptors (Lipinski definition) is 6. The number of benzene rings is 2. The number of nitrogens with zero attached hydrogens (tertiary/aromatic N) is 1. The fourth-order valence-electron chi connectivity index (χ4n) is 2.31. The number of carbonyl (C=O) groups is 2. The number of aromatic nitrogens is 1. The molecule has 13 heteroatoms. The Labute approximate surface area is 186 Å². The Bertz CT molecular complexity index is 1190. The number of carboxylic acids is 1. The number of nitrogens with one attached hydrogen (secondary N) is 2. The zero-order valence-electron chi connectivity index (χ0n) is 17.0. The molecule has 3 rings (SSSR count). The van der Waals surface area contributed by atoms with Crippen LogP contribution in [-0.4, -0.2) is 36.7 Å². The highest BCUT2D eigenvalue weighted by atomic mass is 32.2. The Kier molecular flexibility index (Phi) is 8.18. The first kappa shape index (κ1) is 25.4. The van der Waals surface area contributed by atoms with Crippen LogP contribution in [0.3, 0.4) is 0 Å². The maximum atomic E-state index is 12.3. The molecule has 0 bridgehead atoms. The minimum absolute atomic E-state index is 0.0548. The molecule has 0 radical (unpaired) electrons. The lowest BCUT2D eigenvalue weighted by atomic mass is 10.1. The molecule has 0 unspecified atom stereocenters. The molecule has 1 amide bonds. The Balaban J connectivity index is 0.000000479. The molecule has 2 aromatic carbocycles. The number of hydrogen-bond donors (Lipinski definition) is 3. The van der Waals surface area contributed by atoms with Gasteiger partial charge < -0.3 is 14.9 Å². The van der Waals surface area contributed by atoms with Crippen LogP contribution in [0.5, 0.6) is 0 Å². The smallest absolute Gasteiger partial charge is 0.475 e. The van der Waals surface area contributed by atoms with Crippen molar-refractivity contribution >= 4 is 33.4 Å². The molecule has 0 atom stereocenters. The average molecular weight is 485 g/mol. The summed E-state index contributed by atoms with van der Waals surface area (Å²) in [7, 11) is -3.78. The second kappa shape index (κ2) is 10.6. The number of sulfonamides is 1. The SMILES string of the molecule is Cc1cc(NS(=O)(=O)c2ccc(NC(=O)Cc3ccccc3)cc2)no1.O=C(O)C(F)(F)F. The second-order valence-corrected chi connectivity index (χ2v) is 8.15. The zero-order chi connectivity index (χ0) is 24.6. The van der Waals surface area contributed by atoms with Crippen LogP contribution in [0.2, 0.25) is 0 Å². The van der Waals surface area contributed by atoms with Crippen molar-refractivity contribution in [3.05, 3.63) is 72.0 Å². The fraction of sp³-hybridized carbons (Fsp3) is 0.150. The van der Waals surface area contributed by atoms with Gasteiger partial charge in [-0.05, 0) is 36.8 Å². The molecule has 176 valence electrons. The first-order chi connectivity index (χ1) is 15.4. The summed E-state index contributed by atoms with van der Waals surface area (Å²) in [6, 6.07) is 16.7. The molecule has 1 heterocycles. The Morgan fingerprint density at radius 1 is 1.06 bits per heavy atom. The van der Waals surface area contributed by atoms with Crippen molar-refractivity contribution in [3.8, 4) is 0 Å². The van der Waals surface area contributed by atoms with Gasteiger partial charge in [0.2, 0.25) is 5.91 Å². The predicted molar refractivity (Wildman–Crippen MR) is 111 cm³/mol. The molecule has 9 nitrogen and oxygen atoms in total. The largest absolute Gasteiger partial charge is 0.490 e. The van der Waals surface area contributed by atoms with Crippen LogP contribution < -0.4 is 10.0 Å². The minimum atomic E-state index is -5.08. The fourth-order valence-corrected chi connectivity index (χ4v) is 3.30. The van der Waals surface area contributed by atoms with Crippen molar-refractivity contribution in [3.63, 3.8) is 0 Å². The van der Waals surface area contributed by atoms with Crippen LogP contribution in [0.15, 0.2) is 70.1 Å². The van der Waals surface area contributed by atoms with E-state index in [9.17, 15) is 26.4 Å². The van der Waals surface area contributed by atoms with E-state index in [-0.39, 0.29) is 23.0 Å². The second-order valence-electron chi connectivity index (χ2n) is 6.47. The average Bonchev–Trinajstić information content (AvgIpc) is 3.12. The molecule has 0 spiro atoms. The molecule has 3 aromatic rings. The van der Waals surface area contributed by atoms with Gasteiger partial charge in [0.1, 0.15) is 5.76 Å². The number of aryl methyl sites for hydroxylation is 1. The van der Waals surface area contributed by atoms with Crippen LogP contribution in [-0.2, 0) is 26.0 Å². The van der Waals surface area contributed by atoms with Gasteiger partial charge >= 0.3 is 12.1 Å². The molecule has 0 aliphatic carbocycles. The summed E-state index contributed by atoms with van der Waals surface area (Å²) in [4.78, 5) is 21.0. The molecule has 0 aliphatic rings. The molecule has 0 fully saturated rings. The summed E-state index contributed by atoms with van der Waals surface area (Å²) in [6.07, 6.45) is -4.84. The van der Waals surface area contributed by atoms with Crippen molar-refractivity contribution in [2.45, 2.75) is 24.4 Å². The molecule has 1 aromatic heterocycles. The van der Waals surface area contributed by atoms with E-state index in [4.69, 9.17) is 14.4 Å². The van der Waals surface area contributed by atoms with Gasteiger partial charge in [0, 0.05) is 11.8 Å². The van der Waals surface area contributed by atoms with Gasteiger partial charge in [-0.1, -0.05) is 35.5 Å². The first-order valence-corrected chi connectivity index (χ1v) is 10.6. The van der Waals surface area contributed by atoms with Crippen LogP contribution in [0, 0.1) is 6.92 Å². The van der Waals surface area contributed by atoms with Gasteiger partial charge in [0.25, 0.3) is 10.0 Å². The lowest BCUT2D eigenvalue weighted by molar-refractivity contribution is -0.192.